The number of pyridine rings is 1. The van der Waals surface area contributed by atoms with Gasteiger partial charge < -0.3 is 5.11 Å². The van der Waals surface area contributed by atoms with E-state index in [1.165, 1.54) is 11.1 Å². The second kappa shape index (κ2) is 6.79. The number of hydrogen-bond acceptors (Lipinski definition) is 4. The zero-order valence-corrected chi connectivity index (χ0v) is 12.9. The van der Waals surface area contributed by atoms with Gasteiger partial charge in [-0.1, -0.05) is 0 Å². The molecule has 2 heterocycles. The van der Waals surface area contributed by atoms with Gasteiger partial charge in [-0.2, -0.15) is 0 Å². The fraction of sp³-hybridized carbons (Fsp3) is 0.615. The van der Waals surface area contributed by atoms with Crippen molar-refractivity contribution in [3.05, 3.63) is 27.1 Å². The Balaban J connectivity index is 1.87. The summed E-state index contributed by atoms with van der Waals surface area (Å²) < 4.78 is 1.06. The summed E-state index contributed by atoms with van der Waals surface area (Å²) in [5, 5.41) is 8.92. The molecule has 0 amide bonds. The summed E-state index contributed by atoms with van der Waals surface area (Å²) in [7, 11) is 0. The van der Waals surface area contributed by atoms with E-state index >= 15 is 0 Å². The Morgan fingerprint density at radius 2 is 1.94 bits per heavy atom. The zero-order chi connectivity index (χ0) is 13.0. The molecule has 1 fully saturated rings. The van der Waals surface area contributed by atoms with Crippen LogP contribution in [-0.2, 0) is 6.54 Å². The molecule has 1 N–H and O–H groups in total. The summed E-state index contributed by atoms with van der Waals surface area (Å²) in [6.07, 6.45) is 2.00. The highest BCUT2D eigenvalue weighted by Gasteiger charge is 2.16. The smallest absolute Gasteiger partial charge is 0.101 e. The van der Waals surface area contributed by atoms with Crippen LogP contribution in [0.3, 0.4) is 0 Å². The Morgan fingerprint density at radius 3 is 2.56 bits per heavy atom. The highest BCUT2D eigenvalue weighted by Crippen LogP contribution is 2.13. The zero-order valence-electron chi connectivity index (χ0n) is 10.8. The molecule has 0 radical (unpaired) electrons. The van der Waals surface area contributed by atoms with Crippen molar-refractivity contribution < 1.29 is 5.11 Å². The highest BCUT2D eigenvalue weighted by molar-refractivity contribution is 14.1. The van der Waals surface area contributed by atoms with E-state index < -0.39 is 0 Å². The van der Waals surface area contributed by atoms with Crippen molar-refractivity contribution >= 4 is 22.6 Å². The standard InChI is InChI=1S/C13H20IN3O/c1-11-8-13(14)15-9-12(11)10-17-4-2-16(3-5-17)6-7-18/h8-9,18H,2-7,10H2,1H3. The van der Waals surface area contributed by atoms with Gasteiger partial charge in [0.05, 0.1) is 6.61 Å². The van der Waals surface area contributed by atoms with E-state index in [2.05, 4.69) is 50.4 Å². The second-order valence-corrected chi connectivity index (χ2v) is 5.88. The summed E-state index contributed by atoms with van der Waals surface area (Å²) in [4.78, 5) is 9.14. The van der Waals surface area contributed by atoms with Crippen molar-refractivity contribution in [2.75, 3.05) is 39.3 Å². The Morgan fingerprint density at radius 1 is 1.28 bits per heavy atom. The van der Waals surface area contributed by atoms with Crippen molar-refractivity contribution in [3.8, 4) is 0 Å². The van der Waals surface area contributed by atoms with Crippen LogP contribution in [-0.4, -0.2) is 59.2 Å². The molecule has 0 aliphatic carbocycles. The molecule has 0 atom stereocenters. The van der Waals surface area contributed by atoms with Crippen molar-refractivity contribution in [1.29, 1.82) is 0 Å². The Kier molecular flexibility index (Phi) is 5.35. The fourth-order valence-corrected chi connectivity index (χ4v) is 2.88. The predicted molar refractivity (Wildman–Crippen MR) is 80.5 cm³/mol. The molecule has 4 nitrogen and oxygen atoms in total. The van der Waals surface area contributed by atoms with Crippen LogP contribution in [0.25, 0.3) is 0 Å². The van der Waals surface area contributed by atoms with Gasteiger partial charge in [0.25, 0.3) is 0 Å². The molecule has 1 saturated heterocycles. The van der Waals surface area contributed by atoms with E-state index in [9.17, 15) is 0 Å². The van der Waals surface area contributed by atoms with E-state index in [0.29, 0.717) is 0 Å². The Hall–Kier alpha value is -0.240. The summed E-state index contributed by atoms with van der Waals surface area (Å²) >= 11 is 2.25. The van der Waals surface area contributed by atoms with E-state index in [4.69, 9.17) is 5.11 Å². The van der Waals surface area contributed by atoms with E-state index in [-0.39, 0.29) is 6.61 Å². The normalized spacial score (nSPS) is 18.2. The first kappa shape index (κ1) is 14.2. The lowest BCUT2D eigenvalue weighted by Crippen LogP contribution is -2.46. The number of halogens is 1. The maximum atomic E-state index is 8.92. The lowest BCUT2D eigenvalue weighted by molar-refractivity contribution is 0.108. The van der Waals surface area contributed by atoms with Gasteiger partial charge >= 0.3 is 0 Å². The number of nitrogens with zero attached hydrogens (tertiary/aromatic N) is 3. The lowest BCUT2D eigenvalue weighted by Gasteiger charge is -2.34. The van der Waals surface area contributed by atoms with E-state index in [1.807, 2.05) is 6.20 Å². The summed E-state index contributed by atoms with van der Waals surface area (Å²) in [5.74, 6) is 0. The van der Waals surface area contributed by atoms with Gasteiger partial charge in [-0.05, 0) is 46.7 Å². The van der Waals surface area contributed by atoms with Crippen molar-refractivity contribution in [1.82, 2.24) is 14.8 Å². The largest absolute Gasteiger partial charge is 0.395 e. The molecule has 0 aromatic carbocycles. The van der Waals surface area contributed by atoms with Crippen LogP contribution in [0, 0.1) is 10.6 Å². The van der Waals surface area contributed by atoms with Gasteiger partial charge in [-0.25, -0.2) is 4.98 Å². The summed E-state index contributed by atoms with van der Waals surface area (Å²) in [6, 6.07) is 2.14. The van der Waals surface area contributed by atoms with Crippen molar-refractivity contribution in [3.63, 3.8) is 0 Å². The van der Waals surface area contributed by atoms with Crippen LogP contribution < -0.4 is 0 Å². The van der Waals surface area contributed by atoms with E-state index in [0.717, 1.165) is 43.0 Å². The molecule has 100 valence electrons. The van der Waals surface area contributed by atoms with Gasteiger partial charge in [-0.15, -0.1) is 0 Å². The van der Waals surface area contributed by atoms with Gasteiger partial charge in [-0.3, -0.25) is 9.80 Å². The first-order valence-electron chi connectivity index (χ1n) is 6.35. The minimum atomic E-state index is 0.264. The molecule has 0 unspecified atom stereocenters. The van der Waals surface area contributed by atoms with E-state index in [1.54, 1.807) is 0 Å². The predicted octanol–water partition coefficient (Wildman–Crippen LogP) is 1.10. The average Bonchev–Trinajstić information content (AvgIpc) is 2.35. The van der Waals surface area contributed by atoms with Gasteiger partial charge in [0.2, 0.25) is 0 Å². The molecule has 1 aliphatic rings. The third-order valence-corrected chi connectivity index (χ3v) is 4.05. The number of aromatic nitrogens is 1. The maximum absolute atomic E-state index is 8.92. The number of aryl methyl sites for hydroxylation is 1. The van der Waals surface area contributed by atoms with Gasteiger partial charge in [0, 0.05) is 45.5 Å². The van der Waals surface area contributed by atoms with Gasteiger partial charge in [0.15, 0.2) is 0 Å². The van der Waals surface area contributed by atoms with Crippen molar-refractivity contribution in [2.45, 2.75) is 13.5 Å². The number of rotatable bonds is 4. The molecular weight excluding hydrogens is 341 g/mol. The number of β-amino-alcohol motifs (C(OH)–C–C–N with tert-alkyl or cyclic N) is 1. The van der Waals surface area contributed by atoms with Crippen LogP contribution in [0.1, 0.15) is 11.1 Å². The fourth-order valence-electron chi connectivity index (χ4n) is 2.27. The molecule has 1 aliphatic heterocycles. The average molecular weight is 361 g/mol. The number of hydrogen-bond donors (Lipinski definition) is 1. The first-order chi connectivity index (χ1) is 8.69. The Labute approximate surface area is 122 Å². The summed E-state index contributed by atoms with van der Waals surface area (Å²) in [6.45, 7) is 8.47. The first-order valence-corrected chi connectivity index (χ1v) is 7.43. The highest BCUT2D eigenvalue weighted by atomic mass is 127. The number of aliphatic hydroxyl groups is 1. The number of aliphatic hydroxyl groups excluding tert-OH is 1. The quantitative estimate of drug-likeness (QED) is 0.644. The van der Waals surface area contributed by atoms with Crippen LogP contribution in [0.15, 0.2) is 12.3 Å². The third-order valence-electron chi connectivity index (χ3n) is 3.46. The van der Waals surface area contributed by atoms with Crippen LogP contribution in [0.4, 0.5) is 0 Å². The lowest BCUT2D eigenvalue weighted by atomic mass is 10.1. The molecule has 1 aromatic heterocycles. The Bertz CT molecular complexity index is 392. The minimum Gasteiger partial charge on any atom is -0.395 e. The van der Waals surface area contributed by atoms with Crippen LogP contribution in [0.5, 0.6) is 0 Å². The monoisotopic (exact) mass is 361 g/mol. The molecule has 5 heteroatoms. The molecule has 2 rings (SSSR count). The SMILES string of the molecule is Cc1cc(I)ncc1CN1CCN(CCO)CC1. The number of piperazine rings is 1. The molecule has 18 heavy (non-hydrogen) atoms. The minimum absolute atomic E-state index is 0.264. The second-order valence-electron chi connectivity index (χ2n) is 4.77. The third kappa shape index (κ3) is 3.88. The molecule has 0 bridgehead atoms. The van der Waals surface area contributed by atoms with Crippen LogP contribution in [0.2, 0.25) is 0 Å². The van der Waals surface area contributed by atoms with Gasteiger partial charge in [0.1, 0.15) is 3.70 Å². The molecular formula is C13H20IN3O. The molecule has 1 aromatic rings. The van der Waals surface area contributed by atoms with Crippen molar-refractivity contribution in [2.24, 2.45) is 0 Å². The summed E-state index contributed by atoms with van der Waals surface area (Å²) in [5.41, 5.74) is 2.65. The van der Waals surface area contributed by atoms with Crippen LogP contribution >= 0.6 is 22.6 Å². The maximum Gasteiger partial charge on any atom is 0.101 e. The topological polar surface area (TPSA) is 39.6 Å². The molecule has 0 saturated carbocycles. The molecule has 0 spiro atoms.